The van der Waals surface area contributed by atoms with E-state index < -0.39 is 11.9 Å². The predicted molar refractivity (Wildman–Crippen MR) is 77.7 cm³/mol. The number of halogens is 4. The Morgan fingerprint density at radius 1 is 0.905 bits per heavy atom. The van der Waals surface area contributed by atoms with Crippen LogP contribution in [0, 0.1) is 0 Å². The summed E-state index contributed by atoms with van der Waals surface area (Å²) in [6, 6.07) is 13.9. The van der Waals surface area contributed by atoms with Gasteiger partial charge in [0.2, 0.25) is 0 Å². The van der Waals surface area contributed by atoms with Crippen molar-refractivity contribution < 1.29 is 13.2 Å². The van der Waals surface area contributed by atoms with Gasteiger partial charge in [0.05, 0.1) is 5.69 Å². The van der Waals surface area contributed by atoms with E-state index in [2.05, 4.69) is 25.9 Å². The highest BCUT2D eigenvalue weighted by Gasteiger charge is 2.33. The molecule has 0 N–H and O–H groups in total. The van der Waals surface area contributed by atoms with E-state index in [0.29, 0.717) is 5.56 Å². The van der Waals surface area contributed by atoms with Crippen LogP contribution in [0.4, 0.5) is 13.2 Å². The molecule has 0 bridgehead atoms. The fraction of sp³-hybridized carbons (Fsp3) is 0.0667. The highest BCUT2D eigenvalue weighted by molar-refractivity contribution is 9.10. The van der Waals surface area contributed by atoms with Crippen molar-refractivity contribution in [3.05, 3.63) is 59.0 Å². The quantitative estimate of drug-likeness (QED) is 0.571. The van der Waals surface area contributed by atoms with E-state index in [1.165, 1.54) is 0 Å². The highest BCUT2D eigenvalue weighted by atomic mass is 79.9. The minimum absolute atomic E-state index is 0.0831. The molecule has 0 atom stereocenters. The summed E-state index contributed by atoms with van der Waals surface area (Å²) < 4.78 is 38.5. The largest absolute Gasteiger partial charge is 0.433 e. The number of alkyl halides is 3. The molecule has 2 aromatic carbocycles. The molecule has 0 radical (unpaired) electrons. The molecular weight excluding hydrogens is 345 g/mol. The standard InChI is InChI=1S/C15H8BrF3N2/c16-14-20-12(8-13(21-14)15(17,18)19)11-7-3-5-9-4-1-2-6-10(9)11/h1-8H. The molecular formula is C15H8BrF3N2. The molecule has 0 aliphatic carbocycles. The number of aromatic nitrogens is 2. The lowest BCUT2D eigenvalue weighted by molar-refractivity contribution is -0.141. The van der Waals surface area contributed by atoms with Gasteiger partial charge in [0.15, 0.2) is 4.73 Å². The third-order valence-corrected chi connectivity index (χ3v) is 3.41. The normalized spacial score (nSPS) is 11.8. The maximum Gasteiger partial charge on any atom is 0.433 e. The summed E-state index contributed by atoms with van der Waals surface area (Å²) in [7, 11) is 0. The van der Waals surface area contributed by atoms with Crippen molar-refractivity contribution in [3.63, 3.8) is 0 Å². The fourth-order valence-electron chi connectivity index (χ4n) is 2.15. The van der Waals surface area contributed by atoms with Crippen molar-refractivity contribution in [2.24, 2.45) is 0 Å². The summed E-state index contributed by atoms with van der Waals surface area (Å²) in [5.41, 5.74) is -0.0880. The second-order valence-electron chi connectivity index (χ2n) is 4.43. The molecule has 0 fully saturated rings. The van der Waals surface area contributed by atoms with Crippen molar-refractivity contribution in [2.75, 3.05) is 0 Å². The topological polar surface area (TPSA) is 25.8 Å². The number of hydrogen-bond acceptors (Lipinski definition) is 2. The van der Waals surface area contributed by atoms with E-state index >= 15 is 0 Å². The zero-order valence-corrected chi connectivity index (χ0v) is 12.1. The maximum atomic E-state index is 12.9. The molecule has 3 aromatic rings. The number of nitrogens with zero attached hydrogens (tertiary/aromatic N) is 2. The van der Waals surface area contributed by atoms with Gasteiger partial charge in [0, 0.05) is 5.56 Å². The van der Waals surface area contributed by atoms with E-state index in [9.17, 15) is 13.2 Å². The molecule has 3 rings (SSSR count). The molecule has 0 spiro atoms. The van der Waals surface area contributed by atoms with E-state index in [-0.39, 0.29) is 10.4 Å². The summed E-state index contributed by atoms with van der Waals surface area (Å²) in [5, 5.41) is 1.79. The second-order valence-corrected chi connectivity index (χ2v) is 5.14. The number of benzene rings is 2. The molecule has 106 valence electrons. The SMILES string of the molecule is FC(F)(F)c1cc(-c2cccc3ccccc23)nc(Br)n1. The van der Waals surface area contributed by atoms with Gasteiger partial charge in [-0.15, -0.1) is 0 Å². The molecule has 0 aliphatic heterocycles. The molecule has 0 amide bonds. The van der Waals surface area contributed by atoms with E-state index in [1.807, 2.05) is 30.3 Å². The average molecular weight is 353 g/mol. The minimum atomic E-state index is -4.51. The first-order chi connectivity index (χ1) is 9.95. The minimum Gasteiger partial charge on any atom is -0.222 e. The molecule has 0 saturated carbocycles. The first-order valence-corrected chi connectivity index (χ1v) is 6.84. The Bertz CT molecular complexity index is 810. The van der Waals surface area contributed by atoms with Gasteiger partial charge >= 0.3 is 6.18 Å². The highest BCUT2D eigenvalue weighted by Crippen LogP contribution is 2.33. The third-order valence-electron chi connectivity index (χ3n) is 3.05. The van der Waals surface area contributed by atoms with Crippen molar-refractivity contribution in [3.8, 4) is 11.3 Å². The Morgan fingerprint density at radius 3 is 2.38 bits per heavy atom. The van der Waals surface area contributed by atoms with Crippen LogP contribution in [0.2, 0.25) is 0 Å². The number of rotatable bonds is 1. The summed E-state index contributed by atoms with van der Waals surface area (Å²) in [4.78, 5) is 7.46. The van der Waals surface area contributed by atoms with Crippen LogP contribution in [-0.2, 0) is 6.18 Å². The Balaban J connectivity index is 2.26. The Hall–Kier alpha value is -1.95. The first-order valence-electron chi connectivity index (χ1n) is 6.05. The van der Waals surface area contributed by atoms with Crippen LogP contribution >= 0.6 is 15.9 Å². The van der Waals surface area contributed by atoms with Gasteiger partial charge in [-0.2, -0.15) is 13.2 Å². The van der Waals surface area contributed by atoms with Gasteiger partial charge < -0.3 is 0 Å². The van der Waals surface area contributed by atoms with Gasteiger partial charge in [-0.25, -0.2) is 9.97 Å². The molecule has 0 unspecified atom stereocenters. The summed E-state index contributed by atoms with van der Waals surface area (Å²) in [5.74, 6) is 0. The number of hydrogen-bond donors (Lipinski definition) is 0. The van der Waals surface area contributed by atoms with Crippen LogP contribution in [0.5, 0.6) is 0 Å². The lowest BCUT2D eigenvalue weighted by atomic mass is 10.0. The molecule has 0 aliphatic rings. The number of fused-ring (bicyclic) bond motifs is 1. The average Bonchev–Trinajstić information content (AvgIpc) is 2.45. The Kier molecular flexibility index (Phi) is 3.41. The molecule has 1 aromatic heterocycles. The molecule has 2 nitrogen and oxygen atoms in total. The lowest BCUT2D eigenvalue weighted by Crippen LogP contribution is -2.09. The van der Waals surface area contributed by atoms with E-state index in [4.69, 9.17) is 0 Å². The van der Waals surface area contributed by atoms with E-state index in [1.54, 1.807) is 12.1 Å². The van der Waals surface area contributed by atoms with Crippen LogP contribution in [0.15, 0.2) is 53.3 Å². The predicted octanol–water partition coefficient (Wildman–Crippen LogP) is 5.08. The summed E-state index contributed by atoms with van der Waals surface area (Å²) in [6.45, 7) is 0. The van der Waals surface area contributed by atoms with Crippen LogP contribution in [-0.4, -0.2) is 9.97 Å². The molecule has 1 heterocycles. The van der Waals surface area contributed by atoms with Gasteiger partial charge in [0.1, 0.15) is 5.69 Å². The van der Waals surface area contributed by atoms with Crippen molar-refractivity contribution >= 4 is 26.7 Å². The Morgan fingerprint density at radius 2 is 1.62 bits per heavy atom. The van der Waals surface area contributed by atoms with Crippen LogP contribution in [0.1, 0.15) is 5.69 Å². The Labute approximate surface area is 126 Å². The van der Waals surface area contributed by atoms with Gasteiger partial charge in [-0.3, -0.25) is 0 Å². The van der Waals surface area contributed by atoms with E-state index in [0.717, 1.165) is 16.8 Å². The second kappa shape index (κ2) is 5.11. The maximum absolute atomic E-state index is 12.9. The van der Waals surface area contributed by atoms with Crippen LogP contribution < -0.4 is 0 Å². The molecule has 21 heavy (non-hydrogen) atoms. The fourth-order valence-corrected chi connectivity index (χ4v) is 2.53. The van der Waals surface area contributed by atoms with Crippen LogP contribution in [0.3, 0.4) is 0 Å². The summed E-state index contributed by atoms with van der Waals surface area (Å²) >= 11 is 2.94. The smallest absolute Gasteiger partial charge is 0.222 e. The van der Waals surface area contributed by atoms with Crippen LogP contribution in [0.25, 0.3) is 22.0 Å². The monoisotopic (exact) mass is 352 g/mol. The van der Waals surface area contributed by atoms with Crippen molar-refractivity contribution in [1.82, 2.24) is 9.97 Å². The lowest BCUT2D eigenvalue weighted by Gasteiger charge is -2.10. The summed E-state index contributed by atoms with van der Waals surface area (Å²) in [6.07, 6.45) is -4.51. The van der Waals surface area contributed by atoms with Crippen molar-refractivity contribution in [1.29, 1.82) is 0 Å². The van der Waals surface area contributed by atoms with Gasteiger partial charge in [0.25, 0.3) is 0 Å². The zero-order chi connectivity index (χ0) is 15.0. The molecule has 0 saturated heterocycles. The zero-order valence-electron chi connectivity index (χ0n) is 10.5. The van der Waals surface area contributed by atoms with Crippen molar-refractivity contribution in [2.45, 2.75) is 6.18 Å². The third kappa shape index (κ3) is 2.76. The van der Waals surface area contributed by atoms with Gasteiger partial charge in [-0.1, -0.05) is 42.5 Å². The van der Waals surface area contributed by atoms with Gasteiger partial charge in [-0.05, 0) is 32.8 Å². The molecule has 6 heteroatoms. The first kappa shape index (κ1) is 14.0.